The van der Waals surface area contributed by atoms with Gasteiger partial charge in [0.25, 0.3) is 0 Å². The number of nitrogens with one attached hydrogen (secondary N) is 1. The third-order valence-electron chi connectivity index (χ3n) is 2.52. The first-order valence-electron chi connectivity index (χ1n) is 5.36. The van der Waals surface area contributed by atoms with Gasteiger partial charge in [-0.3, -0.25) is 0 Å². The predicted molar refractivity (Wildman–Crippen MR) is 72.1 cm³/mol. The zero-order valence-electron chi connectivity index (χ0n) is 10.0. The van der Waals surface area contributed by atoms with Gasteiger partial charge in [0.15, 0.2) is 11.6 Å². The summed E-state index contributed by atoms with van der Waals surface area (Å²) in [5.74, 6) is -1.01. The second-order valence-corrected chi connectivity index (χ2v) is 4.24. The van der Waals surface area contributed by atoms with E-state index in [9.17, 15) is 8.78 Å². The lowest BCUT2D eigenvalue weighted by atomic mass is 10.2. The normalized spacial score (nSPS) is 10.3. The van der Waals surface area contributed by atoms with E-state index >= 15 is 0 Å². The first kappa shape index (κ1) is 13.4. The van der Waals surface area contributed by atoms with Crippen LogP contribution in [0.4, 0.5) is 25.8 Å². The molecule has 2 rings (SSSR count). The molecular formula is C13H11ClF2N2O. The summed E-state index contributed by atoms with van der Waals surface area (Å²) < 4.78 is 31.6. The van der Waals surface area contributed by atoms with Crippen LogP contribution in [0.2, 0.25) is 5.02 Å². The Balaban J connectivity index is 2.31. The molecule has 0 aliphatic rings. The molecule has 6 heteroatoms. The predicted octanol–water partition coefficient (Wildman–Crippen LogP) is 3.95. The average Bonchev–Trinajstić information content (AvgIpc) is 2.36. The molecule has 0 spiro atoms. The minimum absolute atomic E-state index is 0.0658. The van der Waals surface area contributed by atoms with Gasteiger partial charge in [-0.15, -0.1) is 0 Å². The van der Waals surface area contributed by atoms with Crippen molar-refractivity contribution in [3.63, 3.8) is 0 Å². The van der Waals surface area contributed by atoms with E-state index in [0.29, 0.717) is 11.4 Å². The van der Waals surface area contributed by atoms with E-state index in [2.05, 4.69) is 5.32 Å². The fourth-order valence-electron chi connectivity index (χ4n) is 1.57. The van der Waals surface area contributed by atoms with Gasteiger partial charge >= 0.3 is 0 Å². The molecule has 0 saturated heterocycles. The highest BCUT2D eigenvalue weighted by Gasteiger charge is 2.08. The van der Waals surface area contributed by atoms with E-state index in [1.807, 2.05) is 0 Å². The number of methoxy groups -OCH3 is 1. The van der Waals surface area contributed by atoms with E-state index in [1.165, 1.54) is 25.3 Å². The van der Waals surface area contributed by atoms with Gasteiger partial charge in [0.2, 0.25) is 0 Å². The summed E-state index contributed by atoms with van der Waals surface area (Å²) in [7, 11) is 1.37. The van der Waals surface area contributed by atoms with Crippen molar-refractivity contribution in [3.8, 4) is 5.75 Å². The minimum Gasteiger partial charge on any atom is -0.494 e. The Labute approximate surface area is 113 Å². The van der Waals surface area contributed by atoms with Gasteiger partial charge in [-0.2, -0.15) is 0 Å². The monoisotopic (exact) mass is 284 g/mol. The summed E-state index contributed by atoms with van der Waals surface area (Å²) in [6, 6.07) is 6.72. The first-order valence-corrected chi connectivity index (χ1v) is 5.74. The number of hydrogen-bond donors (Lipinski definition) is 2. The molecule has 2 aromatic carbocycles. The number of hydrogen-bond acceptors (Lipinski definition) is 3. The number of nitrogens with two attached hydrogens (primary N) is 1. The van der Waals surface area contributed by atoms with E-state index in [0.717, 1.165) is 6.07 Å². The number of nitrogen functional groups attached to an aromatic ring is 1. The number of rotatable bonds is 3. The molecule has 0 aliphatic carbocycles. The van der Waals surface area contributed by atoms with Crippen LogP contribution in [-0.2, 0) is 0 Å². The van der Waals surface area contributed by atoms with Crippen molar-refractivity contribution in [1.82, 2.24) is 0 Å². The molecular weight excluding hydrogens is 274 g/mol. The quantitative estimate of drug-likeness (QED) is 0.839. The third kappa shape index (κ3) is 2.88. The Kier molecular flexibility index (Phi) is 3.76. The molecule has 19 heavy (non-hydrogen) atoms. The van der Waals surface area contributed by atoms with Crippen molar-refractivity contribution in [3.05, 3.63) is 47.0 Å². The van der Waals surface area contributed by atoms with Crippen LogP contribution in [0.25, 0.3) is 0 Å². The topological polar surface area (TPSA) is 47.3 Å². The molecule has 100 valence electrons. The molecule has 0 amide bonds. The lowest BCUT2D eigenvalue weighted by molar-refractivity contribution is 0.386. The summed E-state index contributed by atoms with van der Waals surface area (Å²) in [6.45, 7) is 0. The zero-order valence-corrected chi connectivity index (χ0v) is 10.8. The third-order valence-corrected chi connectivity index (χ3v) is 2.81. The molecule has 0 bridgehead atoms. The smallest absolute Gasteiger partial charge is 0.167 e. The molecule has 0 aromatic heterocycles. The maximum Gasteiger partial charge on any atom is 0.167 e. The number of halogens is 3. The van der Waals surface area contributed by atoms with Gasteiger partial charge < -0.3 is 15.8 Å². The van der Waals surface area contributed by atoms with Gasteiger partial charge in [0.1, 0.15) is 5.82 Å². The van der Waals surface area contributed by atoms with Crippen molar-refractivity contribution in [2.24, 2.45) is 0 Å². The maximum absolute atomic E-state index is 13.5. The van der Waals surface area contributed by atoms with Crippen molar-refractivity contribution in [2.75, 3.05) is 18.2 Å². The van der Waals surface area contributed by atoms with Crippen LogP contribution in [0.5, 0.6) is 5.75 Å². The van der Waals surface area contributed by atoms with Crippen LogP contribution in [-0.4, -0.2) is 7.11 Å². The molecule has 0 atom stereocenters. The summed E-state index contributed by atoms with van der Waals surface area (Å²) in [6.07, 6.45) is 0. The van der Waals surface area contributed by atoms with Crippen LogP contribution < -0.4 is 15.8 Å². The fourth-order valence-corrected chi connectivity index (χ4v) is 1.74. The van der Waals surface area contributed by atoms with Crippen molar-refractivity contribution < 1.29 is 13.5 Å². The summed E-state index contributed by atoms with van der Waals surface area (Å²) in [5.41, 5.74) is 6.70. The molecule has 0 fully saturated rings. The summed E-state index contributed by atoms with van der Waals surface area (Å²) in [4.78, 5) is 0. The Morgan fingerprint density at radius 2 is 1.89 bits per heavy atom. The van der Waals surface area contributed by atoms with Crippen molar-refractivity contribution >= 4 is 28.7 Å². The number of benzene rings is 2. The summed E-state index contributed by atoms with van der Waals surface area (Å²) >= 11 is 5.59. The average molecular weight is 285 g/mol. The molecule has 0 radical (unpaired) electrons. The summed E-state index contributed by atoms with van der Waals surface area (Å²) in [5, 5.41) is 2.75. The highest BCUT2D eigenvalue weighted by Crippen LogP contribution is 2.30. The zero-order chi connectivity index (χ0) is 14.0. The van der Waals surface area contributed by atoms with Gasteiger partial charge in [-0.25, -0.2) is 8.78 Å². The maximum atomic E-state index is 13.5. The Bertz CT molecular complexity index is 620. The highest BCUT2D eigenvalue weighted by molar-refractivity contribution is 6.31. The van der Waals surface area contributed by atoms with E-state index in [4.69, 9.17) is 22.1 Å². The SMILES string of the molecule is COc1ccc(Nc2cc(F)c(Cl)cc2N)cc1F. The van der Waals surface area contributed by atoms with E-state index < -0.39 is 11.6 Å². The van der Waals surface area contributed by atoms with Gasteiger partial charge in [-0.05, 0) is 18.2 Å². The lowest BCUT2D eigenvalue weighted by Crippen LogP contribution is -1.98. The van der Waals surface area contributed by atoms with Crippen LogP contribution >= 0.6 is 11.6 Å². The van der Waals surface area contributed by atoms with E-state index in [-0.39, 0.29) is 16.5 Å². The largest absolute Gasteiger partial charge is 0.494 e. The van der Waals surface area contributed by atoms with Crippen LogP contribution in [0.15, 0.2) is 30.3 Å². The number of ether oxygens (including phenoxy) is 1. The van der Waals surface area contributed by atoms with Gasteiger partial charge in [0.05, 0.1) is 23.5 Å². The molecule has 0 saturated carbocycles. The van der Waals surface area contributed by atoms with Crippen molar-refractivity contribution in [1.29, 1.82) is 0 Å². The Morgan fingerprint density at radius 3 is 2.53 bits per heavy atom. The molecule has 0 aliphatic heterocycles. The molecule has 0 unspecified atom stereocenters. The number of anilines is 3. The second-order valence-electron chi connectivity index (χ2n) is 3.83. The highest BCUT2D eigenvalue weighted by atomic mass is 35.5. The minimum atomic E-state index is -0.604. The van der Waals surface area contributed by atoms with Crippen LogP contribution in [0, 0.1) is 11.6 Å². The second kappa shape index (κ2) is 5.32. The van der Waals surface area contributed by atoms with Crippen LogP contribution in [0.1, 0.15) is 0 Å². The van der Waals surface area contributed by atoms with E-state index in [1.54, 1.807) is 6.07 Å². The molecule has 0 heterocycles. The molecule has 3 nitrogen and oxygen atoms in total. The van der Waals surface area contributed by atoms with Crippen molar-refractivity contribution in [2.45, 2.75) is 0 Å². The molecule has 3 N–H and O–H groups in total. The Hall–Kier alpha value is -2.01. The lowest BCUT2D eigenvalue weighted by Gasteiger charge is -2.11. The van der Waals surface area contributed by atoms with Gasteiger partial charge in [0, 0.05) is 17.8 Å². The van der Waals surface area contributed by atoms with Crippen LogP contribution in [0.3, 0.4) is 0 Å². The standard InChI is InChI=1S/C13H11ClF2N2O/c1-19-13-3-2-7(4-10(13)16)18-12-6-9(15)8(14)5-11(12)17/h2-6,18H,17H2,1H3. The van der Waals surface area contributed by atoms with Gasteiger partial charge in [-0.1, -0.05) is 11.6 Å². The Morgan fingerprint density at radius 1 is 1.16 bits per heavy atom. The molecule has 2 aromatic rings. The fraction of sp³-hybridized carbons (Fsp3) is 0.0769. The first-order chi connectivity index (χ1) is 9.01.